The van der Waals surface area contributed by atoms with E-state index in [9.17, 15) is 0 Å². The summed E-state index contributed by atoms with van der Waals surface area (Å²) in [6.45, 7) is 1.10. The van der Waals surface area contributed by atoms with Gasteiger partial charge in [-0.3, -0.25) is 0 Å². The molecule has 0 fully saturated rings. The standard InChI is InChI=1S/C17H19NS2/c1-18(2)10-5-7-13-14-6-3-4-8-16(14)20-12-17-15(13)9-11-19-17/h3-4,6-9,11H,5,10,12H2,1-2H3/b13-7+. The zero-order chi connectivity index (χ0) is 13.9. The quantitative estimate of drug-likeness (QED) is 0.806. The van der Waals surface area contributed by atoms with Crippen molar-refractivity contribution in [2.24, 2.45) is 0 Å². The molecule has 3 rings (SSSR count). The summed E-state index contributed by atoms with van der Waals surface area (Å²) in [5.74, 6) is 1.09. The van der Waals surface area contributed by atoms with Crippen molar-refractivity contribution < 1.29 is 0 Å². The molecule has 104 valence electrons. The van der Waals surface area contributed by atoms with Gasteiger partial charge in [0.25, 0.3) is 0 Å². The fourth-order valence-corrected chi connectivity index (χ4v) is 4.56. The highest BCUT2D eigenvalue weighted by molar-refractivity contribution is 7.98. The Morgan fingerprint density at radius 1 is 1.15 bits per heavy atom. The predicted molar refractivity (Wildman–Crippen MR) is 90.6 cm³/mol. The predicted octanol–water partition coefficient (Wildman–Crippen LogP) is 4.74. The molecule has 2 heterocycles. The fraction of sp³-hybridized carbons (Fsp3) is 0.294. The molecule has 0 spiro atoms. The van der Waals surface area contributed by atoms with E-state index >= 15 is 0 Å². The van der Waals surface area contributed by atoms with Crippen LogP contribution in [0.4, 0.5) is 0 Å². The van der Waals surface area contributed by atoms with Gasteiger partial charge in [-0.15, -0.1) is 23.1 Å². The van der Waals surface area contributed by atoms with E-state index in [0.29, 0.717) is 0 Å². The van der Waals surface area contributed by atoms with Gasteiger partial charge in [-0.1, -0.05) is 24.3 Å². The molecule has 0 atom stereocenters. The maximum atomic E-state index is 2.41. The minimum atomic E-state index is 1.09. The van der Waals surface area contributed by atoms with E-state index in [1.165, 1.54) is 26.5 Å². The second-order valence-corrected chi connectivity index (χ2v) is 7.27. The Bertz CT molecular complexity index is 625. The Morgan fingerprint density at radius 2 is 2.00 bits per heavy atom. The van der Waals surface area contributed by atoms with Crippen LogP contribution in [-0.2, 0) is 5.75 Å². The van der Waals surface area contributed by atoms with Crippen LogP contribution in [-0.4, -0.2) is 25.5 Å². The molecule has 1 nitrogen and oxygen atoms in total. The van der Waals surface area contributed by atoms with Crippen molar-refractivity contribution >= 4 is 28.7 Å². The largest absolute Gasteiger partial charge is 0.309 e. The third-order valence-electron chi connectivity index (χ3n) is 3.50. The van der Waals surface area contributed by atoms with Crippen LogP contribution in [0.25, 0.3) is 5.57 Å². The SMILES string of the molecule is CN(C)CC/C=C1\c2ccccc2SCc2sccc21. The van der Waals surface area contributed by atoms with Crippen LogP contribution in [0.15, 0.2) is 46.7 Å². The Hall–Kier alpha value is -1.03. The van der Waals surface area contributed by atoms with Crippen molar-refractivity contribution in [2.75, 3.05) is 20.6 Å². The van der Waals surface area contributed by atoms with Crippen molar-refractivity contribution in [1.29, 1.82) is 0 Å². The number of rotatable bonds is 3. The average Bonchev–Trinajstić information content (AvgIpc) is 2.84. The molecule has 20 heavy (non-hydrogen) atoms. The van der Waals surface area contributed by atoms with Crippen molar-refractivity contribution in [2.45, 2.75) is 17.1 Å². The monoisotopic (exact) mass is 301 g/mol. The zero-order valence-corrected chi connectivity index (χ0v) is 13.6. The number of thioether (sulfide) groups is 1. The van der Waals surface area contributed by atoms with Gasteiger partial charge in [-0.05, 0) is 54.7 Å². The third-order valence-corrected chi connectivity index (χ3v) is 5.70. The maximum Gasteiger partial charge on any atom is 0.0332 e. The van der Waals surface area contributed by atoms with E-state index in [2.05, 4.69) is 60.8 Å². The normalized spacial score (nSPS) is 16.1. The molecule has 1 aliphatic heterocycles. The van der Waals surface area contributed by atoms with Gasteiger partial charge in [0, 0.05) is 22.1 Å². The highest BCUT2D eigenvalue weighted by atomic mass is 32.2. The van der Waals surface area contributed by atoms with E-state index in [4.69, 9.17) is 0 Å². The van der Waals surface area contributed by atoms with Crippen LogP contribution in [0.2, 0.25) is 0 Å². The highest BCUT2D eigenvalue weighted by Crippen LogP contribution is 2.42. The Kier molecular flexibility index (Phi) is 4.29. The molecule has 0 unspecified atom stereocenters. The summed E-state index contributed by atoms with van der Waals surface area (Å²) in [6, 6.07) is 11.1. The maximum absolute atomic E-state index is 2.41. The number of benzene rings is 1. The number of thiophene rings is 1. The minimum Gasteiger partial charge on any atom is -0.309 e. The van der Waals surface area contributed by atoms with Crippen molar-refractivity contribution in [3.8, 4) is 0 Å². The lowest BCUT2D eigenvalue weighted by Crippen LogP contribution is -2.12. The number of hydrogen-bond donors (Lipinski definition) is 0. The van der Waals surface area contributed by atoms with E-state index < -0.39 is 0 Å². The molecular formula is C17H19NS2. The molecule has 0 amide bonds. The Morgan fingerprint density at radius 3 is 2.85 bits per heavy atom. The van der Waals surface area contributed by atoms with Gasteiger partial charge in [-0.25, -0.2) is 0 Å². The topological polar surface area (TPSA) is 3.24 Å². The van der Waals surface area contributed by atoms with Crippen molar-refractivity contribution in [3.05, 3.63) is 57.8 Å². The van der Waals surface area contributed by atoms with Gasteiger partial charge in [-0.2, -0.15) is 0 Å². The molecule has 0 aliphatic carbocycles. The first kappa shape index (κ1) is 13.9. The van der Waals surface area contributed by atoms with E-state index in [1.807, 2.05) is 23.1 Å². The van der Waals surface area contributed by atoms with Crippen LogP contribution in [0, 0.1) is 0 Å². The summed E-state index contributed by atoms with van der Waals surface area (Å²) in [5.41, 5.74) is 4.25. The zero-order valence-electron chi connectivity index (χ0n) is 11.9. The lowest BCUT2D eigenvalue weighted by Gasteiger charge is -2.11. The summed E-state index contributed by atoms with van der Waals surface area (Å²) in [7, 11) is 4.26. The van der Waals surface area contributed by atoms with Gasteiger partial charge >= 0.3 is 0 Å². The van der Waals surface area contributed by atoms with Crippen LogP contribution in [0.1, 0.15) is 22.4 Å². The molecule has 0 radical (unpaired) electrons. The lowest BCUT2D eigenvalue weighted by atomic mass is 9.97. The molecule has 0 saturated heterocycles. The van der Waals surface area contributed by atoms with Gasteiger partial charge in [0.05, 0.1) is 0 Å². The highest BCUT2D eigenvalue weighted by Gasteiger charge is 2.18. The average molecular weight is 301 g/mol. The Labute approximate surface area is 129 Å². The van der Waals surface area contributed by atoms with Crippen LogP contribution < -0.4 is 0 Å². The number of hydrogen-bond acceptors (Lipinski definition) is 3. The first-order valence-electron chi connectivity index (χ1n) is 6.89. The summed E-state index contributed by atoms with van der Waals surface area (Å²) < 4.78 is 0. The molecular weight excluding hydrogens is 282 g/mol. The van der Waals surface area contributed by atoms with E-state index in [0.717, 1.165) is 18.7 Å². The number of fused-ring (bicyclic) bond motifs is 2. The lowest BCUT2D eigenvalue weighted by molar-refractivity contribution is 0.417. The second kappa shape index (κ2) is 6.17. The van der Waals surface area contributed by atoms with E-state index in [1.54, 1.807) is 0 Å². The van der Waals surface area contributed by atoms with Crippen LogP contribution in [0.5, 0.6) is 0 Å². The summed E-state index contributed by atoms with van der Waals surface area (Å²) in [5, 5.41) is 2.22. The van der Waals surface area contributed by atoms with E-state index in [-0.39, 0.29) is 0 Å². The molecule has 1 aromatic carbocycles. The Balaban J connectivity index is 2.03. The van der Waals surface area contributed by atoms with Gasteiger partial charge in [0.15, 0.2) is 0 Å². The molecule has 1 aliphatic rings. The van der Waals surface area contributed by atoms with Crippen LogP contribution in [0.3, 0.4) is 0 Å². The summed E-state index contributed by atoms with van der Waals surface area (Å²) >= 11 is 3.84. The second-order valence-electron chi connectivity index (χ2n) is 5.25. The molecule has 0 bridgehead atoms. The first-order chi connectivity index (χ1) is 9.75. The van der Waals surface area contributed by atoms with Gasteiger partial charge in [0.1, 0.15) is 0 Å². The molecule has 3 heteroatoms. The van der Waals surface area contributed by atoms with Crippen molar-refractivity contribution in [1.82, 2.24) is 4.90 Å². The first-order valence-corrected chi connectivity index (χ1v) is 8.76. The molecule has 1 aromatic heterocycles. The third kappa shape index (κ3) is 2.85. The smallest absolute Gasteiger partial charge is 0.0332 e. The van der Waals surface area contributed by atoms with Crippen LogP contribution >= 0.6 is 23.1 Å². The van der Waals surface area contributed by atoms with Gasteiger partial charge in [0.2, 0.25) is 0 Å². The summed E-state index contributed by atoms with van der Waals surface area (Å²) in [6.07, 6.45) is 3.51. The van der Waals surface area contributed by atoms with Crippen molar-refractivity contribution in [3.63, 3.8) is 0 Å². The number of nitrogens with zero attached hydrogens (tertiary/aromatic N) is 1. The molecule has 0 N–H and O–H groups in total. The minimum absolute atomic E-state index is 1.09. The fourth-order valence-electron chi connectivity index (χ4n) is 2.48. The summed E-state index contributed by atoms with van der Waals surface area (Å²) in [4.78, 5) is 5.15. The molecule has 2 aromatic rings. The molecule has 0 saturated carbocycles. The van der Waals surface area contributed by atoms with Gasteiger partial charge < -0.3 is 4.90 Å².